The summed E-state index contributed by atoms with van der Waals surface area (Å²) in [5.74, 6) is -1.43. The van der Waals surface area contributed by atoms with Gasteiger partial charge in [-0.25, -0.2) is 8.78 Å². The van der Waals surface area contributed by atoms with E-state index < -0.39 is 5.92 Å². The number of halogens is 3. The predicted octanol–water partition coefficient (Wildman–Crippen LogP) is 3.47. The largest absolute Gasteiger partial charge is 0.493 e. The van der Waals surface area contributed by atoms with E-state index in [9.17, 15) is 8.78 Å². The monoisotopic (exact) mass is 437 g/mol. The van der Waals surface area contributed by atoms with Gasteiger partial charge in [-0.3, -0.25) is 4.99 Å². The second-order valence-corrected chi connectivity index (χ2v) is 6.06. The maximum atomic E-state index is 13.1. The van der Waals surface area contributed by atoms with Crippen LogP contribution in [-0.4, -0.2) is 25.0 Å². The summed E-state index contributed by atoms with van der Waals surface area (Å²) in [5, 5.41) is 3.18. The number of rotatable bonds is 3. The predicted molar refractivity (Wildman–Crippen MR) is 96.6 cm³/mol. The van der Waals surface area contributed by atoms with E-state index in [0.717, 1.165) is 17.7 Å². The van der Waals surface area contributed by atoms with Gasteiger partial charge in [0.1, 0.15) is 5.75 Å². The molecule has 0 spiro atoms. The van der Waals surface area contributed by atoms with Crippen molar-refractivity contribution >= 4 is 29.9 Å². The number of nitrogens with zero attached hydrogens (tertiary/aromatic N) is 1. The first-order valence-corrected chi connectivity index (χ1v) is 7.69. The molecule has 23 heavy (non-hydrogen) atoms. The summed E-state index contributed by atoms with van der Waals surface area (Å²) in [6.07, 6.45) is 1.20. The highest BCUT2D eigenvalue weighted by Gasteiger charge is 2.39. The number of nitrogens with two attached hydrogens (primary N) is 1. The Morgan fingerprint density at radius 3 is 2.87 bits per heavy atom. The Balaban J connectivity index is 0.00000192. The Hall–Kier alpha value is -1.12. The molecule has 0 saturated heterocycles. The number of hydrogen-bond acceptors (Lipinski definition) is 2. The Kier molecular flexibility index (Phi) is 6.05. The van der Waals surface area contributed by atoms with Gasteiger partial charge in [-0.1, -0.05) is 18.2 Å². The number of fused-ring (bicyclic) bond motifs is 1. The first kappa shape index (κ1) is 18.2. The van der Waals surface area contributed by atoms with Crippen molar-refractivity contribution in [3.63, 3.8) is 0 Å². The van der Waals surface area contributed by atoms with E-state index in [1.165, 1.54) is 0 Å². The minimum atomic E-state index is -2.53. The van der Waals surface area contributed by atoms with Crippen LogP contribution >= 0.6 is 24.0 Å². The SMILES string of the molecule is I.NC(=NCC1CCC(F)(F)C1)NC1CCOc2ccccc21. The van der Waals surface area contributed by atoms with Gasteiger partial charge >= 0.3 is 0 Å². The van der Waals surface area contributed by atoms with Gasteiger partial charge in [0.15, 0.2) is 5.96 Å². The van der Waals surface area contributed by atoms with Crippen LogP contribution in [0.4, 0.5) is 8.78 Å². The molecule has 1 aliphatic heterocycles. The average molecular weight is 437 g/mol. The molecule has 2 unspecified atom stereocenters. The lowest BCUT2D eigenvalue weighted by atomic mass is 10.0. The van der Waals surface area contributed by atoms with Crippen LogP contribution in [0.25, 0.3) is 0 Å². The highest BCUT2D eigenvalue weighted by atomic mass is 127. The van der Waals surface area contributed by atoms with Gasteiger partial charge in [-0.15, -0.1) is 24.0 Å². The maximum absolute atomic E-state index is 13.1. The molecule has 1 aliphatic carbocycles. The minimum Gasteiger partial charge on any atom is -0.493 e. The van der Waals surface area contributed by atoms with Crippen molar-refractivity contribution < 1.29 is 13.5 Å². The number of alkyl halides is 2. The molecule has 0 bridgehead atoms. The molecule has 1 fully saturated rings. The van der Waals surface area contributed by atoms with Gasteiger partial charge in [0.2, 0.25) is 5.92 Å². The molecule has 2 atom stereocenters. The van der Waals surface area contributed by atoms with Gasteiger partial charge in [-0.05, 0) is 18.4 Å². The molecule has 0 amide bonds. The number of hydrogen-bond donors (Lipinski definition) is 2. The molecule has 1 aromatic carbocycles. The summed E-state index contributed by atoms with van der Waals surface area (Å²) in [6, 6.07) is 7.86. The molecule has 7 heteroatoms. The summed E-state index contributed by atoms with van der Waals surface area (Å²) in [6.45, 7) is 0.982. The highest BCUT2D eigenvalue weighted by molar-refractivity contribution is 14.0. The van der Waals surface area contributed by atoms with Gasteiger partial charge < -0.3 is 15.8 Å². The van der Waals surface area contributed by atoms with Crippen molar-refractivity contribution in [1.29, 1.82) is 0 Å². The molecule has 2 aliphatic rings. The molecule has 1 heterocycles. The van der Waals surface area contributed by atoms with E-state index in [-0.39, 0.29) is 48.8 Å². The maximum Gasteiger partial charge on any atom is 0.248 e. The fraction of sp³-hybridized carbons (Fsp3) is 0.562. The van der Waals surface area contributed by atoms with E-state index in [2.05, 4.69) is 10.3 Å². The molecular weight excluding hydrogens is 415 g/mol. The first-order chi connectivity index (χ1) is 10.5. The Labute approximate surface area is 151 Å². The van der Waals surface area contributed by atoms with E-state index in [4.69, 9.17) is 10.5 Å². The van der Waals surface area contributed by atoms with Crippen molar-refractivity contribution in [2.24, 2.45) is 16.6 Å². The fourth-order valence-corrected chi connectivity index (χ4v) is 3.14. The topological polar surface area (TPSA) is 59.6 Å². The van der Waals surface area contributed by atoms with Crippen LogP contribution in [0.3, 0.4) is 0 Å². The van der Waals surface area contributed by atoms with Crippen molar-refractivity contribution in [1.82, 2.24) is 5.32 Å². The van der Waals surface area contributed by atoms with Gasteiger partial charge in [-0.2, -0.15) is 0 Å². The number of aliphatic imine (C=N–C) groups is 1. The van der Waals surface area contributed by atoms with Crippen LogP contribution in [0.1, 0.15) is 37.3 Å². The third-order valence-electron chi connectivity index (χ3n) is 4.31. The van der Waals surface area contributed by atoms with Crippen LogP contribution in [0.5, 0.6) is 5.75 Å². The van der Waals surface area contributed by atoms with Crippen molar-refractivity contribution in [3.8, 4) is 5.75 Å². The lowest BCUT2D eigenvalue weighted by Crippen LogP contribution is -2.37. The molecule has 3 rings (SSSR count). The van der Waals surface area contributed by atoms with E-state index in [0.29, 0.717) is 25.5 Å². The first-order valence-electron chi connectivity index (χ1n) is 7.69. The van der Waals surface area contributed by atoms with Crippen molar-refractivity contribution in [2.75, 3.05) is 13.2 Å². The zero-order valence-corrected chi connectivity index (χ0v) is 15.1. The molecule has 128 valence electrons. The second-order valence-electron chi connectivity index (χ2n) is 6.06. The minimum absolute atomic E-state index is 0. The van der Waals surface area contributed by atoms with Gasteiger partial charge in [0.05, 0.1) is 12.6 Å². The lowest BCUT2D eigenvalue weighted by Gasteiger charge is -2.27. The third kappa shape index (κ3) is 4.68. The van der Waals surface area contributed by atoms with Crippen molar-refractivity contribution in [2.45, 2.75) is 37.6 Å². The Bertz CT molecular complexity index is 568. The molecule has 1 saturated carbocycles. The average Bonchev–Trinajstić information content (AvgIpc) is 2.85. The van der Waals surface area contributed by atoms with Crippen molar-refractivity contribution in [3.05, 3.63) is 29.8 Å². The van der Waals surface area contributed by atoms with Crippen LogP contribution < -0.4 is 15.8 Å². The van der Waals surface area contributed by atoms with E-state index >= 15 is 0 Å². The number of nitrogens with one attached hydrogen (secondary N) is 1. The zero-order valence-electron chi connectivity index (χ0n) is 12.8. The number of benzene rings is 1. The standard InChI is InChI=1S/C16H21F2N3O.HI/c17-16(18)7-5-11(9-16)10-20-15(19)21-13-6-8-22-14-4-2-1-3-12(13)14;/h1-4,11,13H,5-10H2,(H3,19,20,21);1H. The highest BCUT2D eigenvalue weighted by Crippen LogP contribution is 2.38. The van der Waals surface area contributed by atoms with E-state index in [1.807, 2.05) is 24.3 Å². The molecule has 0 aromatic heterocycles. The smallest absolute Gasteiger partial charge is 0.248 e. The fourth-order valence-electron chi connectivity index (χ4n) is 3.14. The third-order valence-corrected chi connectivity index (χ3v) is 4.31. The Morgan fingerprint density at radius 1 is 1.35 bits per heavy atom. The van der Waals surface area contributed by atoms with E-state index in [1.54, 1.807) is 0 Å². The zero-order chi connectivity index (χ0) is 15.6. The summed E-state index contributed by atoms with van der Waals surface area (Å²) >= 11 is 0. The molecular formula is C16H22F2IN3O. The number of guanidine groups is 1. The molecule has 1 aromatic rings. The van der Waals surface area contributed by atoms with Crippen LogP contribution in [-0.2, 0) is 0 Å². The van der Waals surface area contributed by atoms with Crippen LogP contribution in [0.15, 0.2) is 29.3 Å². The lowest BCUT2D eigenvalue weighted by molar-refractivity contribution is 0.00542. The molecule has 4 nitrogen and oxygen atoms in total. The second kappa shape index (κ2) is 7.63. The molecule has 3 N–H and O–H groups in total. The summed E-state index contributed by atoms with van der Waals surface area (Å²) in [5.41, 5.74) is 6.97. The summed E-state index contributed by atoms with van der Waals surface area (Å²) < 4.78 is 31.9. The van der Waals surface area contributed by atoms with Crippen LogP contribution in [0, 0.1) is 5.92 Å². The quantitative estimate of drug-likeness (QED) is 0.433. The van der Waals surface area contributed by atoms with Gasteiger partial charge in [0.25, 0.3) is 0 Å². The summed E-state index contributed by atoms with van der Waals surface area (Å²) in [4.78, 5) is 4.25. The Morgan fingerprint density at radius 2 is 2.13 bits per heavy atom. The van der Waals surface area contributed by atoms with Gasteiger partial charge in [0, 0.05) is 31.4 Å². The number of para-hydroxylation sites is 1. The normalized spacial score (nSPS) is 25.9. The summed E-state index contributed by atoms with van der Waals surface area (Å²) in [7, 11) is 0. The number of ether oxygens (including phenoxy) is 1. The molecule has 0 radical (unpaired) electrons. The van der Waals surface area contributed by atoms with Crippen LogP contribution in [0.2, 0.25) is 0 Å².